The standard InChI is InChI=1S/C16H21ClN2/c1-16(2,3)11-19(4)15-9-12(10-17)13-7-5-6-8-14(13)18-15/h5-9H,10-11H2,1-4H3. The van der Waals surface area contributed by atoms with Gasteiger partial charge in [-0.3, -0.25) is 0 Å². The highest BCUT2D eigenvalue weighted by Gasteiger charge is 2.16. The van der Waals surface area contributed by atoms with Crippen LogP contribution in [0.5, 0.6) is 0 Å². The van der Waals surface area contributed by atoms with Crippen LogP contribution in [0.4, 0.5) is 5.82 Å². The van der Waals surface area contributed by atoms with E-state index in [9.17, 15) is 0 Å². The number of pyridine rings is 1. The SMILES string of the molecule is CN(CC(C)(C)C)c1cc(CCl)c2ccccc2n1. The molecule has 1 heterocycles. The van der Waals surface area contributed by atoms with Crippen molar-refractivity contribution in [1.82, 2.24) is 4.98 Å². The Morgan fingerprint density at radius 2 is 1.89 bits per heavy atom. The maximum absolute atomic E-state index is 6.07. The molecular weight excluding hydrogens is 256 g/mol. The number of aromatic nitrogens is 1. The smallest absolute Gasteiger partial charge is 0.129 e. The first kappa shape index (κ1) is 14.1. The molecule has 0 fully saturated rings. The van der Waals surface area contributed by atoms with E-state index in [0.29, 0.717) is 5.88 Å². The molecule has 1 aromatic heterocycles. The molecule has 0 unspecified atom stereocenters. The summed E-state index contributed by atoms with van der Waals surface area (Å²) in [6.07, 6.45) is 0. The van der Waals surface area contributed by atoms with E-state index >= 15 is 0 Å². The Bertz CT molecular complexity index is 572. The van der Waals surface area contributed by atoms with E-state index in [4.69, 9.17) is 16.6 Å². The zero-order valence-electron chi connectivity index (χ0n) is 12.1. The number of benzene rings is 1. The zero-order chi connectivity index (χ0) is 14.0. The van der Waals surface area contributed by atoms with Crippen molar-refractivity contribution < 1.29 is 0 Å². The van der Waals surface area contributed by atoms with Crippen LogP contribution in [0.3, 0.4) is 0 Å². The molecule has 0 N–H and O–H groups in total. The fraction of sp³-hybridized carbons (Fsp3) is 0.438. The highest BCUT2D eigenvalue weighted by Crippen LogP contribution is 2.25. The number of alkyl halides is 1. The van der Waals surface area contributed by atoms with Crippen LogP contribution in [0.1, 0.15) is 26.3 Å². The second-order valence-corrected chi connectivity index (χ2v) is 6.47. The summed E-state index contributed by atoms with van der Waals surface area (Å²) in [7, 11) is 2.08. The number of para-hydroxylation sites is 1. The lowest BCUT2D eigenvalue weighted by Gasteiger charge is -2.28. The van der Waals surface area contributed by atoms with Gasteiger partial charge in [0.15, 0.2) is 0 Å². The third-order valence-corrected chi connectivity index (χ3v) is 3.32. The van der Waals surface area contributed by atoms with E-state index in [-0.39, 0.29) is 5.41 Å². The van der Waals surface area contributed by atoms with Gasteiger partial charge in [0, 0.05) is 24.9 Å². The Morgan fingerprint density at radius 1 is 1.21 bits per heavy atom. The fourth-order valence-corrected chi connectivity index (χ4v) is 2.55. The van der Waals surface area contributed by atoms with Crippen LogP contribution >= 0.6 is 11.6 Å². The minimum Gasteiger partial charge on any atom is -0.359 e. The molecule has 1 aromatic carbocycles. The summed E-state index contributed by atoms with van der Waals surface area (Å²) in [5.74, 6) is 1.50. The molecule has 2 rings (SSSR count). The lowest BCUT2D eigenvalue weighted by molar-refractivity contribution is 0.418. The van der Waals surface area contributed by atoms with Gasteiger partial charge in [-0.2, -0.15) is 0 Å². The average Bonchev–Trinajstić information content (AvgIpc) is 2.35. The van der Waals surface area contributed by atoms with E-state index in [1.807, 2.05) is 18.2 Å². The van der Waals surface area contributed by atoms with Crippen LogP contribution in [0.15, 0.2) is 30.3 Å². The van der Waals surface area contributed by atoms with Crippen LogP contribution in [-0.4, -0.2) is 18.6 Å². The molecule has 102 valence electrons. The molecular formula is C16H21ClN2. The molecule has 0 aliphatic rings. The van der Waals surface area contributed by atoms with E-state index < -0.39 is 0 Å². The molecule has 0 bridgehead atoms. The highest BCUT2D eigenvalue weighted by molar-refractivity contribution is 6.18. The van der Waals surface area contributed by atoms with Gasteiger partial charge in [0.05, 0.1) is 5.52 Å². The highest BCUT2D eigenvalue weighted by atomic mass is 35.5. The molecule has 0 aliphatic heterocycles. The summed E-state index contributed by atoms with van der Waals surface area (Å²) in [6.45, 7) is 7.65. The maximum Gasteiger partial charge on any atom is 0.129 e. The Labute approximate surface area is 120 Å². The molecule has 0 saturated heterocycles. The van der Waals surface area contributed by atoms with Crippen LogP contribution in [0, 0.1) is 5.41 Å². The van der Waals surface area contributed by atoms with E-state index in [1.54, 1.807) is 0 Å². The van der Waals surface area contributed by atoms with Gasteiger partial charge in [0.2, 0.25) is 0 Å². The number of nitrogens with zero attached hydrogens (tertiary/aromatic N) is 2. The zero-order valence-corrected chi connectivity index (χ0v) is 12.8. The molecule has 2 aromatic rings. The molecule has 0 amide bonds. The molecule has 0 aliphatic carbocycles. The van der Waals surface area contributed by atoms with Gasteiger partial charge < -0.3 is 4.90 Å². The largest absolute Gasteiger partial charge is 0.359 e. The van der Waals surface area contributed by atoms with E-state index in [0.717, 1.165) is 28.8 Å². The topological polar surface area (TPSA) is 16.1 Å². The number of fused-ring (bicyclic) bond motifs is 1. The van der Waals surface area contributed by atoms with Crippen LogP contribution in [0.25, 0.3) is 10.9 Å². The number of hydrogen-bond acceptors (Lipinski definition) is 2. The number of anilines is 1. The average molecular weight is 277 g/mol. The quantitative estimate of drug-likeness (QED) is 0.770. The number of halogens is 1. The van der Waals surface area contributed by atoms with Crippen molar-refractivity contribution in [2.45, 2.75) is 26.7 Å². The molecule has 3 heteroatoms. The second kappa shape index (κ2) is 5.38. The third kappa shape index (κ3) is 3.38. The predicted octanol–water partition coefficient (Wildman–Crippen LogP) is 4.46. The fourth-order valence-electron chi connectivity index (χ4n) is 2.33. The van der Waals surface area contributed by atoms with Gasteiger partial charge in [-0.25, -0.2) is 4.98 Å². The normalized spacial score (nSPS) is 11.8. The molecule has 0 saturated carbocycles. The Morgan fingerprint density at radius 3 is 2.53 bits per heavy atom. The first-order valence-electron chi connectivity index (χ1n) is 6.56. The molecule has 0 atom stereocenters. The van der Waals surface area contributed by atoms with Gasteiger partial charge in [-0.1, -0.05) is 39.0 Å². The van der Waals surface area contributed by atoms with Crippen molar-refractivity contribution in [2.24, 2.45) is 5.41 Å². The summed E-state index contributed by atoms with van der Waals surface area (Å²) in [5, 5.41) is 1.14. The van der Waals surface area contributed by atoms with Crippen molar-refractivity contribution >= 4 is 28.3 Å². The van der Waals surface area contributed by atoms with Crippen molar-refractivity contribution in [2.75, 3.05) is 18.5 Å². The first-order chi connectivity index (χ1) is 8.90. The monoisotopic (exact) mass is 276 g/mol. The number of hydrogen-bond donors (Lipinski definition) is 0. The molecule has 0 spiro atoms. The van der Waals surface area contributed by atoms with Gasteiger partial charge >= 0.3 is 0 Å². The van der Waals surface area contributed by atoms with E-state index in [1.165, 1.54) is 0 Å². The molecule has 19 heavy (non-hydrogen) atoms. The summed E-state index contributed by atoms with van der Waals surface area (Å²) >= 11 is 6.07. The third-order valence-electron chi connectivity index (χ3n) is 3.03. The molecule has 0 radical (unpaired) electrons. The van der Waals surface area contributed by atoms with Crippen LogP contribution in [0.2, 0.25) is 0 Å². The van der Waals surface area contributed by atoms with Crippen molar-refractivity contribution in [3.05, 3.63) is 35.9 Å². The first-order valence-corrected chi connectivity index (χ1v) is 7.10. The minimum atomic E-state index is 0.239. The Kier molecular flexibility index (Phi) is 4.00. The van der Waals surface area contributed by atoms with Gasteiger partial charge in [0.25, 0.3) is 0 Å². The van der Waals surface area contributed by atoms with Gasteiger partial charge in [-0.05, 0) is 23.1 Å². The van der Waals surface area contributed by atoms with E-state index in [2.05, 4.69) is 44.9 Å². The van der Waals surface area contributed by atoms with Crippen molar-refractivity contribution in [3.63, 3.8) is 0 Å². The minimum absolute atomic E-state index is 0.239. The lowest BCUT2D eigenvalue weighted by Crippen LogP contribution is -2.29. The summed E-state index contributed by atoms with van der Waals surface area (Å²) < 4.78 is 0. The lowest BCUT2D eigenvalue weighted by atomic mass is 9.96. The number of rotatable bonds is 3. The summed E-state index contributed by atoms with van der Waals surface area (Å²) in [6, 6.07) is 10.3. The summed E-state index contributed by atoms with van der Waals surface area (Å²) in [5.41, 5.74) is 2.39. The van der Waals surface area contributed by atoms with Gasteiger partial charge in [-0.15, -0.1) is 11.6 Å². The van der Waals surface area contributed by atoms with Crippen molar-refractivity contribution in [1.29, 1.82) is 0 Å². The Balaban J connectivity index is 2.44. The van der Waals surface area contributed by atoms with Gasteiger partial charge in [0.1, 0.15) is 5.82 Å². The molecule has 2 nitrogen and oxygen atoms in total. The Hall–Kier alpha value is -1.28. The second-order valence-electron chi connectivity index (χ2n) is 6.21. The summed E-state index contributed by atoms with van der Waals surface area (Å²) in [4.78, 5) is 6.93. The van der Waals surface area contributed by atoms with Crippen LogP contribution in [-0.2, 0) is 5.88 Å². The van der Waals surface area contributed by atoms with Crippen molar-refractivity contribution in [3.8, 4) is 0 Å². The maximum atomic E-state index is 6.07. The predicted molar refractivity (Wildman–Crippen MR) is 84.0 cm³/mol. The van der Waals surface area contributed by atoms with Crippen LogP contribution < -0.4 is 4.90 Å².